The summed E-state index contributed by atoms with van der Waals surface area (Å²) in [6.07, 6.45) is 6.98. The van der Waals surface area contributed by atoms with E-state index in [9.17, 15) is 9.50 Å². The summed E-state index contributed by atoms with van der Waals surface area (Å²) in [6.45, 7) is 1.22. The number of hydrogen-bond donors (Lipinski definition) is 1. The fourth-order valence-corrected chi connectivity index (χ4v) is 4.30. The second kappa shape index (κ2) is 7.22. The minimum atomic E-state index is -0.287. The van der Waals surface area contributed by atoms with Crippen molar-refractivity contribution in [1.82, 2.24) is 15.1 Å². The molecule has 2 fully saturated rings. The van der Waals surface area contributed by atoms with E-state index in [1.165, 1.54) is 44.2 Å². The Balaban J connectivity index is 1.46. The fraction of sp³-hybridized carbons (Fsp3) is 0.579. The first-order valence-electron chi connectivity index (χ1n) is 9.19. The van der Waals surface area contributed by atoms with E-state index in [2.05, 4.69) is 15.1 Å². The zero-order valence-electron chi connectivity index (χ0n) is 14.3. The average molecular weight is 345 g/mol. The number of halogens is 1. The molecule has 0 amide bonds. The van der Waals surface area contributed by atoms with E-state index in [1.54, 1.807) is 12.1 Å². The van der Waals surface area contributed by atoms with Gasteiger partial charge in [-0.3, -0.25) is 4.90 Å². The average Bonchev–Trinajstić information content (AvgIpc) is 3.23. The van der Waals surface area contributed by atoms with Gasteiger partial charge >= 0.3 is 0 Å². The lowest BCUT2D eigenvalue weighted by Gasteiger charge is -2.33. The molecule has 6 heteroatoms. The second-order valence-electron chi connectivity index (χ2n) is 7.29. The monoisotopic (exact) mass is 345 g/mol. The van der Waals surface area contributed by atoms with Crippen LogP contribution in [0, 0.1) is 11.7 Å². The van der Waals surface area contributed by atoms with Crippen LogP contribution in [0.3, 0.4) is 0 Å². The highest BCUT2D eigenvalue weighted by molar-refractivity contribution is 5.51. The van der Waals surface area contributed by atoms with Gasteiger partial charge in [0.2, 0.25) is 11.8 Å². The fourth-order valence-electron chi connectivity index (χ4n) is 4.30. The van der Waals surface area contributed by atoms with Crippen LogP contribution in [0.2, 0.25) is 0 Å². The number of β-amino-alcohol motifs (C(OH)–C–C–N with tert-alkyl or cyclic N) is 1. The molecule has 2 aliphatic rings. The van der Waals surface area contributed by atoms with Crippen molar-refractivity contribution in [3.05, 3.63) is 36.0 Å². The normalized spacial score (nSPS) is 25.5. The molecule has 5 nitrogen and oxygen atoms in total. The lowest BCUT2D eigenvalue weighted by Crippen LogP contribution is -2.36. The van der Waals surface area contributed by atoms with Gasteiger partial charge in [0.15, 0.2) is 0 Å². The first kappa shape index (κ1) is 16.7. The number of aliphatic hydroxyl groups is 1. The molecule has 0 spiro atoms. The minimum absolute atomic E-state index is 0.272. The molecule has 1 saturated carbocycles. The molecule has 134 valence electrons. The van der Waals surface area contributed by atoms with Crippen LogP contribution >= 0.6 is 0 Å². The predicted molar refractivity (Wildman–Crippen MR) is 91.1 cm³/mol. The van der Waals surface area contributed by atoms with Crippen LogP contribution in [0.15, 0.2) is 28.7 Å². The smallest absolute Gasteiger partial charge is 0.247 e. The summed E-state index contributed by atoms with van der Waals surface area (Å²) >= 11 is 0. The van der Waals surface area contributed by atoms with Gasteiger partial charge in [-0.15, -0.1) is 10.2 Å². The Morgan fingerprint density at radius 2 is 1.88 bits per heavy atom. The molecule has 1 aliphatic carbocycles. The molecule has 1 saturated heterocycles. The van der Waals surface area contributed by atoms with E-state index < -0.39 is 0 Å². The Morgan fingerprint density at radius 3 is 2.64 bits per heavy atom. The Morgan fingerprint density at radius 1 is 1.12 bits per heavy atom. The lowest BCUT2D eigenvalue weighted by atomic mass is 9.83. The van der Waals surface area contributed by atoms with Crippen LogP contribution < -0.4 is 0 Å². The summed E-state index contributed by atoms with van der Waals surface area (Å²) < 4.78 is 18.8. The van der Waals surface area contributed by atoms with E-state index in [0.29, 0.717) is 42.4 Å². The molecule has 25 heavy (non-hydrogen) atoms. The van der Waals surface area contributed by atoms with Crippen LogP contribution in [0.1, 0.15) is 44.4 Å². The van der Waals surface area contributed by atoms with E-state index in [-0.39, 0.29) is 11.9 Å². The van der Waals surface area contributed by atoms with Gasteiger partial charge < -0.3 is 9.52 Å². The standard InChI is InChI=1S/C19H24FN3O2/c20-15-8-6-14(7-9-15)19-22-21-18(25-19)12-23-11-16(24)10-17(23)13-4-2-1-3-5-13/h6-9,13,16-17,24H,1-5,10-12H2/t16-,17-/m0/s1. The summed E-state index contributed by atoms with van der Waals surface area (Å²) in [5.74, 6) is 1.33. The number of aromatic nitrogens is 2. The van der Waals surface area contributed by atoms with Crippen LogP contribution in [-0.4, -0.2) is 38.9 Å². The van der Waals surface area contributed by atoms with E-state index in [4.69, 9.17) is 4.42 Å². The van der Waals surface area contributed by atoms with Crippen LogP contribution in [-0.2, 0) is 6.54 Å². The van der Waals surface area contributed by atoms with Gasteiger partial charge in [0, 0.05) is 18.2 Å². The lowest BCUT2D eigenvalue weighted by molar-refractivity contribution is 0.137. The summed E-state index contributed by atoms with van der Waals surface area (Å²) in [5.41, 5.74) is 0.713. The maximum Gasteiger partial charge on any atom is 0.247 e. The number of hydrogen-bond acceptors (Lipinski definition) is 5. The molecule has 1 aliphatic heterocycles. The number of rotatable bonds is 4. The molecule has 0 unspecified atom stereocenters. The molecule has 1 aromatic heterocycles. The van der Waals surface area contributed by atoms with Crippen molar-refractivity contribution >= 4 is 0 Å². The van der Waals surface area contributed by atoms with Crippen molar-refractivity contribution < 1.29 is 13.9 Å². The van der Waals surface area contributed by atoms with E-state index in [1.807, 2.05) is 0 Å². The second-order valence-corrected chi connectivity index (χ2v) is 7.29. The molecule has 0 bridgehead atoms. The molecule has 0 radical (unpaired) electrons. The molecule has 4 rings (SSSR count). The first-order chi connectivity index (χ1) is 12.2. The van der Waals surface area contributed by atoms with Crippen molar-refractivity contribution in [2.45, 2.75) is 57.2 Å². The first-order valence-corrected chi connectivity index (χ1v) is 9.19. The molecular weight excluding hydrogens is 321 g/mol. The number of aliphatic hydroxyl groups excluding tert-OH is 1. The Bertz CT molecular complexity index is 697. The van der Waals surface area contributed by atoms with Gasteiger partial charge in [0.25, 0.3) is 0 Å². The van der Waals surface area contributed by atoms with Gasteiger partial charge in [-0.25, -0.2) is 4.39 Å². The Kier molecular flexibility index (Phi) is 4.81. The number of nitrogens with zero attached hydrogens (tertiary/aromatic N) is 3. The molecule has 2 atom stereocenters. The molecule has 2 aromatic rings. The maximum absolute atomic E-state index is 13.0. The third kappa shape index (κ3) is 3.75. The SMILES string of the molecule is O[C@H]1C[C@@H](C2CCCCC2)N(Cc2nnc(-c3ccc(F)cc3)o2)C1. The highest BCUT2D eigenvalue weighted by atomic mass is 19.1. The quantitative estimate of drug-likeness (QED) is 0.920. The van der Waals surface area contributed by atoms with Gasteiger partial charge in [-0.2, -0.15) is 0 Å². The van der Waals surface area contributed by atoms with E-state index >= 15 is 0 Å². The van der Waals surface area contributed by atoms with Gasteiger partial charge in [0.05, 0.1) is 12.6 Å². The topological polar surface area (TPSA) is 62.4 Å². The van der Waals surface area contributed by atoms with Crippen molar-refractivity contribution in [3.8, 4) is 11.5 Å². The Hall–Kier alpha value is -1.79. The van der Waals surface area contributed by atoms with Crippen LogP contribution in [0.5, 0.6) is 0 Å². The van der Waals surface area contributed by atoms with Gasteiger partial charge in [-0.05, 0) is 49.4 Å². The Labute approximate surface area is 146 Å². The molecule has 2 heterocycles. The largest absolute Gasteiger partial charge is 0.419 e. The molecular formula is C19H24FN3O2. The van der Waals surface area contributed by atoms with Crippen molar-refractivity contribution in [2.24, 2.45) is 5.92 Å². The van der Waals surface area contributed by atoms with Crippen molar-refractivity contribution in [1.29, 1.82) is 0 Å². The van der Waals surface area contributed by atoms with Crippen molar-refractivity contribution in [2.75, 3.05) is 6.54 Å². The van der Waals surface area contributed by atoms with Gasteiger partial charge in [-0.1, -0.05) is 19.3 Å². The zero-order chi connectivity index (χ0) is 17.2. The third-order valence-corrected chi connectivity index (χ3v) is 5.52. The van der Waals surface area contributed by atoms with E-state index in [0.717, 1.165) is 6.42 Å². The highest BCUT2D eigenvalue weighted by Crippen LogP contribution is 2.35. The minimum Gasteiger partial charge on any atom is -0.419 e. The summed E-state index contributed by atoms with van der Waals surface area (Å²) in [5, 5.41) is 18.4. The van der Waals surface area contributed by atoms with Crippen molar-refractivity contribution in [3.63, 3.8) is 0 Å². The third-order valence-electron chi connectivity index (χ3n) is 5.52. The zero-order valence-corrected chi connectivity index (χ0v) is 14.3. The summed E-state index contributed by atoms with van der Waals surface area (Å²) in [6, 6.07) is 6.44. The van der Waals surface area contributed by atoms with Crippen LogP contribution in [0.25, 0.3) is 11.5 Å². The summed E-state index contributed by atoms with van der Waals surface area (Å²) in [7, 11) is 0. The van der Waals surface area contributed by atoms with Crippen LogP contribution in [0.4, 0.5) is 4.39 Å². The number of benzene rings is 1. The molecule has 1 N–H and O–H groups in total. The molecule has 1 aromatic carbocycles. The summed E-state index contributed by atoms with van der Waals surface area (Å²) in [4.78, 5) is 2.29. The predicted octanol–water partition coefficient (Wildman–Crippen LogP) is 3.39. The van der Waals surface area contributed by atoms with Gasteiger partial charge in [0.1, 0.15) is 5.82 Å². The maximum atomic E-state index is 13.0. The number of likely N-dealkylation sites (tertiary alicyclic amines) is 1. The highest BCUT2D eigenvalue weighted by Gasteiger charge is 2.37.